The molecular formula is C20H31N5O3. The average molecular weight is 390 g/mol. The van der Waals surface area contributed by atoms with Gasteiger partial charge in [-0.15, -0.1) is 0 Å². The monoisotopic (exact) mass is 389 g/mol. The topological polar surface area (TPSA) is 87.5 Å². The second kappa shape index (κ2) is 8.87. The Labute approximate surface area is 166 Å². The third-order valence-electron chi connectivity index (χ3n) is 5.14. The summed E-state index contributed by atoms with van der Waals surface area (Å²) in [5.41, 5.74) is 3.84. The van der Waals surface area contributed by atoms with Gasteiger partial charge in [0.1, 0.15) is 5.76 Å². The highest BCUT2D eigenvalue weighted by Gasteiger charge is 2.29. The lowest BCUT2D eigenvalue weighted by Crippen LogP contribution is -2.40. The number of aromatic nitrogens is 3. The Morgan fingerprint density at radius 2 is 2.11 bits per heavy atom. The standard InChI is InChI=1S/C20H31N5O3/c1-13(2)6-25-8-17(27-11-18-14(3)23-28-16(18)5)7-24(10-20(25)26)9-19-15(4)21-12-22-19/h12-13,17H,6-11H2,1-5H3,(H,21,22). The molecule has 2 aromatic rings. The molecule has 1 fully saturated rings. The molecule has 0 saturated carbocycles. The summed E-state index contributed by atoms with van der Waals surface area (Å²) < 4.78 is 11.5. The molecule has 1 saturated heterocycles. The molecule has 8 heteroatoms. The molecule has 1 N–H and O–H groups in total. The number of nitrogens with zero attached hydrogens (tertiary/aromatic N) is 4. The minimum atomic E-state index is -0.0850. The van der Waals surface area contributed by atoms with Crippen LogP contribution >= 0.6 is 0 Å². The van der Waals surface area contributed by atoms with E-state index in [0.29, 0.717) is 38.7 Å². The third kappa shape index (κ3) is 4.99. The molecule has 1 aliphatic heterocycles. The minimum absolute atomic E-state index is 0.0850. The number of hydrogen-bond donors (Lipinski definition) is 1. The van der Waals surface area contributed by atoms with Crippen LogP contribution in [0.4, 0.5) is 0 Å². The van der Waals surface area contributed by atoms with Crippen molar-refractivity contribution in [2.45, 2.75) is 53.9 Å². The third-order valence-corrected chi connectivity index (χ3v) is 5.14. The lowest BCUT2D eigenvalue weighted by atomic mass is 10.2. The van der Waals surface area contributed by atoms with Gasteiger partial charge in [-0.3, -0.25) is 9.69 Å². The zero-order chi connectivity index (χ0) is 20.3. The van der Waals surface area contributed by atoms with Gasteiger partial charge in [-0.2, -0.15) is 0 Å². The molecule has 3 heterocycles. The van der Waals surface area contributed by atoms with Crippen LogP contribution in [0, 0.1) is 26.7 Å². The van der Waals surface area contributed by atoms with Crippen LogP contribution in [-0.4, -0.2) is 63.1 Å². The van der Waals surface area contributed by atoms with Crippen LogP contribution in [0.15, 0.2) is 10.9 Å². The Kier molecular flexibility index (Phi) is 6.51. The predicted molar refractivity (Wildman–Crippen MR) is 105 cm³/mol. The van der Waals surface area contributed by atoms with Gasteiger partial charge >= 0.3 is 0 Å². The molecule has 1 aliphatic rings. The van der Waals surface area contributed by atoms with Gasteiger partial charge in [-0.1, -0.05) is 19.0 Å². The van der Waals surface area contributed by atoms with Crippen LogP contribution in [0.3, 0.4) is 0 Å². The SMILES string of the molecule is Cc1noc(C)c1COC1CN(Cc2nc[nH]c2C)CC(=O)N(CC(C)C)C1. The minimum Gasteiger partial charge on any atom is -0.370 e. The van der Waals surface area contributed by atoms with Crippen molar-refractivity contribution < 1.29 is 14.1 Å². The normalized spacial score (nSPS) is 18.9. The maximum Gasteiger partial charge on any atom is 0.236 e. The van der Waals surface area contributed by atoms with Crippen LogP contribution in [-0.2, 0) is 22.7 Å². The second-order valence-electron chi connectivity index (χ2n) is 8.07. The number of carbonyl (C=O) groups excluding carboxylic acids is 1. The molecule has 0 aromatic carbocycles. The lowest BCUT2D eigenvalue weighted by molar-refractivity contribution is -0.132. The number of nitrogens with one attached hydrogen (secondary N) is 1. The fraction of sp³-hybridized carbons (Fsp3) is 0.650. The van der Waals surface area contributed by atoms with E-state index in [2.05, 4.69) is 33.9 Å². The average Bonchev–Trinajstić information content (AvgIpc) is 3.12. The molecule has 154 valence electrons. The van der Waals surface area contributed by atoms with E-state index in [9.17, 15) is 4.79 Å². The molecule has 28 heavy (non-hydrogen) atoms. The number of aryl methyl sites for hydroxylation is 3. The second-order valence-corrected chi connectivity index (χ2v) is 8.07. The molecule has 0 spiro atoms. The number of imidazole rings is 1. The maximum atomic E-state index is 12.8. The number of rotatable bonds is 7. The zero-order valence-corrected chi connectivity index (χ0v) is 17.5. The van der Waals surface area contributed by atoms with E-state index in [-0.39, 0.29) is 12.0 Å². The smallest absolute Gasteiger partial charge is 0.236 e. The van der Waals surface area contributed by atoms with E-state index in [1.54, 1.807) is 6.33 Å². The molecule has 8 nitrogen and oxygen atoms in total. The highest BCUT2D eigenvalue weighted by molar-refractivity contribution is 5.78. The molecule has 1 unspecified atom stereocenters. The van der Waals surface area contributed by atoms with Gasteiger partial charge in [0.15, 0.2) is 0 Å². The molecular weight excluding hydrogens is 358 g/mol. The summed E-state index contributed by atoms with van der Waals surface area (Å²) in [6.45, 7) is 13.5. The first-order chi connectivity index (χ1) is 13.3. The van der Waals surface area contributed by atoms with Gasteiger partial charge in [0.25, 0.3) is 0 Å². The van der Waals surface area contributed by atoms with Gasteiger partial charge in [0.05, 0.1) is 37.0 Å². The van der Waals surface area contributed by atoms with Gasteiger partial charge in [0, 0.05) is 37.4 Å². The van der Waals surface area contributed by atoms with Crippen LogP contribution in [0.2, 0.25) is 0 Å². The van der Waals surface area contributed by atoms with Crippen molar-refractivity contribution >= 4 is 5.91 Å². The fourth-order valence-corrected chi connectivity index (χ4v) is 3.56. The zero-order valence-electron chi connectivity index (χ0n) is 17.5. The van der Waals surface area contributed by atoms with E-state index in [0.717, 1.165) is 35.0 Å². The van der Waals surface area contributed by atoms with Crippen molar-refractivity contribution in [3.63, 3.8) is 0 Å². The molecule has 0 radical (unpaired) electrons. The van der Waals surface area contributed by atoms with Crippen LogP contribution < -0.4 is 0 Å². The van der Waals surface area contributed by atoms with Crippen molar-refractivity contribution in [2.75, 3.05) is 26.2 Å². The Bertz CT molecular complexity index is 778. The summed E-state index contributed by atoms with van der Waals surface area (Å²) in [6, 6.07) is 0. The number of ether oxygens (including phenoxy) is 1. The van der Waals surface area contributed by atoms with Crippen molar-refractivity contribution in [3.8, 4) is 0 Å². The van der Waals surface area contributed by atoms with Crippen molar-refractivity contribution in [1.29, 1.82) is 0 Å². The van der Waals surface area contributed by atoms with Crippen molar-refractivity contribution in [2.24, 2.45) is 5.92 Å². The van der Waals surface area contributed by atoms with Crippen molar-refractivity contribution in [3.05, 3.63) is 34.7 Å². The van der Waals surface area contributed by atoms with E-state index < -0.39 is 0 Å². The summed E-state index contributed by atoms with van der Waals surface area (Å²) in [6.07, 6.45) is 1.61. The van der Waals surface area contributed by atoms with Crippen molar-refractivity contribution in [1.82, 2.24) is 24.9 Å². The molecule has 2 aromatic heterocycles. The van der Waals surface area contributed by atoms with Crippen LogP contribution in [0.25, 0.3) is 0 Å². The Hall–Kier alpha value is -2.19. The van der Waals surface area contributed by atoms with E-state index in [1.807, 2.05) is 25.7 Å². The molecule has 0 bridgehead atoms. The predicted octanol–water partition coefficient (Wildman–Crippen LogP) is 2.21. The quantitative estimate of drug-likeness (QED) is 0.781. The Morgan fingerprint density at radius 1 is 1.32 bits per heavy atom. The van der Waals surface area contributed by atoms with Gasteiger partial charge < -0.3 is 19.1 Å². The van der Waals surface area contributed by atoms with Crippen LogP contribution in [0.1, 0.15) is 42.3 Å². The summed E-state index contributed by atoms with van der Waals surface area (Å²) in [7, 11) is 0. The number of amides is 1. The first-order valence-electron chi connectivity index (χ1n) is 9.85. The molecule has 1 atom stereocenters. The molecule has 1 amide bonds. The Balaban J connectivity index is 1.73. The highest BCUT2D eigenvalue weighted by Crippen LogP contribution is 2.18. The first kappa shape index (κ1) is 20.5. The van der Waals surface area contributed by atoms with E-state index >= 15 is 0 Å². The summed E-state index contributed by atoms with van der Waals surface area (Å²) in [5.74, 6) is 1.34. The fourth-order valence-electron chi connectivity index (χ4n) is 3.56. The number of carbonyl (C=O) groups is 1. The van der Waals surface area contributed by atoms with Gasteiger partial charge in [-0.05, 0) is 26.7 Å². The summed E-state index contributed by atoms with van der Waals surface area (Å²) >= 11 is 0. The number of hydrogen-bond acceptors (Lipinski definition) is 6. The molecule has 3 rings (SSSR count). The number of H-pyrrole nitrogens is 1. The first-order valence-corrected chi connectivity index (χ1v) is 9.85. The lowest BCUT2D eigenvalue weighted by Gasteiger charge is -2.26. The van der Waals surface area contributed by atoms with E-state index in [4.69, 9.17) is 9.26 Å². The van der Waals surface area contributed by atoms with Gasteiger partial charge in [-0.25, -0.2) is 4.98 Å². The van der Waals surface area contributed by atoms with Gasteiger partial charge in [0.2, 0.25) is 5.91 Å². The number of aromatic amines is 1. The van der Waals surface area contributed by atoms with Crippen LogP contribution in [0.5, 0.6) is 0 Å². The largest absolute Gasteiger partial charge is 0.370 e. The maximum absolute atomic E-state index is 12.8. The molecule has 0 aliphatic carbocycles. The van der Waals surface area contributed by atoms with E-state index in [1.165, 1.54) is 0 Å². The Morgan fingerprint density at radius 3 is 2.71 bits per heavy atom. The highest BCUT2D eigenvalue weighted by atomic mass is 16.5. The summed E-state index contributed by atoms with van der Waals surface area (Å²) in [5, 5.41) is 4.00. The summed E-state index contributed by atoms with van der Waals surface area (Å²) in [4.78, 5) is 24.4.